The highest BCUT2D eigenvalue weighted by Crippen LogP contribution is 2.44. The van der Waals surface area contributed by atoms with Crippen molar-refractivity contribution in [3.05, 3.63) is 58.9 Å². The second kappa shape index (κ2) is 5.01. The van der Waals surface area contributed by atoms with Crippen molar-refractivity contribution in [2.75, 3.05) is 0 Å². The van der Waals surface area contributed by atoms with E-state index in [0.717, 1.165) is 6.42 Å². The highest BCUT2D eigenvalue weighted by atomic mass is 16.5. The lowest BCUT2D eigenvalue weighted by atomic mass is 9.86. The van der Waals surface area contributed by atoms with Gasteiger partial charge in [0.25, 0.3) is 0 Å². The molecular formula is C17H22O. The minimum Gasteiger partial charge on any atom is -0.496 e. The van der Waals surface area contributed by atoms with Gasteiger partial charge in [-0.1, -0.05) is 49.8 Å². The first-order valence-electron chi connectivity index (χ1n) is 6.53. The molecule has 0 N–H and O–H groups in total. The highest BCUT2D eigenvalue weighted by molar-refractivity contribution is 5.42. The summed E-state index contributed by atoms with van der Waals surface area (Å²) in [6.45, 7) is 9.67. The molecule has 0 fully saturated rings. The van der Waals surface area contributed by atoms with E-state index in [4.69, 9.17) is 4.74 Å². The van der Waals surface area contributed by atoms with E-state index in [1.807, 2.05) is 24.5 Å². The monoisotopic (exact) mass is 242 g/mol. The average Bonchev–Trinajstić information content (AvgIpc) is 2.54. The molecule has 0 atom stereocenters. The van der Waals surface area contributed by atoms with Crippen molar-refractivity contribution in [1.29, 1.82) is 0 Å². The first-order valence-corrected chi connectivity index (χ1v) is 6.53. The van der Waals surface area contributed by atoms with Crippen LogP contribution < -0.4 is 0 Å². The quantitative estimate of drug-likeness (QED) is 0.688. The second-order valence-corrected chi connectivity index (χ2v) is 5.75. The van der Waals surface area contributed by atoms with E-state index in [1.165, 1.54) is 22.3 Å². The predicted octanol–water partition coefficient (Wildman–Crippen LogP) is 4.85. The normalized spacial score (nSPS) is 20.6. The van der Waals surface area contributed by atoms with Crippen molar-refractivity contribution in [2.45, 2.75) is 40.7 Å². The molecule has 0 unspecified atom stereocenters. The van der Waals surface area contributed by atoms with Crippen molar-refractivity contribution >= 4 is 0 Å². The fraction of sp³-hybridized carbons (Fsp3) is 0.412. The fourth-order valence-electron chi connectivity index (χ4n) is 2.43. The molecule has 0 saturated heterocycles. The number of hydrogen-bond donors (Lipinski definition) is 0. The first kappa shape index (κ1) is 12.9. The minimum atomic E-state index is 0.284. The van der Waals surface area contributed by atoms with E-state index in [2.05, 4.69) is 39.8 Å². The van der Waals surface area contributed by atoms with Crippen LogP contribution in [0.25, 0.3) is 0 Å². The number of benzene rings is 1. The zero-order chi connectivity index (χ0) is 13.2. The number of rotatable bonds is 3. The van der Waals surface area contributed by atoms with Crippen LogP contribution in [-0.2, 0) is 11.3 Å². The van der Waals surface area contributed by atoms with Gasteiger partial charge in [0.05, 0.1) is 6.26 Å². The smallest absolute Gasteiger partial charge is 0.112 e. The van der Waals surface area contributed by atoms with Gasteiger partial charge in [-0.05, 0) is 42.4 Å². The summed E-state index contributed by atoms with van der Waals surface area (Å²) in [4.78, 5) is 0. The maximum absolute atomic E-state index is 5.72. The Morgan fingerprint density at radius 2 is 1.83 bits per heavy atom. The average molecular weight is 242 g/mol. The maximum atomic E-state index is 5.72. The Balaban J connectivity index is 2.00. The van der Waals surface area contributed by atoms with E-state index in [0.29, 0.717) is 6.61 Å². The van der Waals surface area contributed by atoms with Gasteiger partial charge in [-0.25, -0.2) is 0 Å². The minimum absolute atomic E-state index is 0.284. The molecule has 1 nitrogen and oxygen atoms in total. The van der Waals surface area contributed by atoms with Gasteiger partial charge in [-0.15, -0.1) is 0 Å². The van der Waals surface area contributed by atoms with Crippen LogP contribution in [0.2, 0.25) is 0 Å². The summed E-state index contributed by atoms with van der Waals surface area (Å²) < 4.78 is 5.72. The van der Waals surface area contributed by atoms with E-state index in [9.17, 15) is 0 Å². The van der Waals surface area contributed by atoms with Gasteiger partial charge in [-0.3, -0.25) is 0 Å². The summed E-state index contributed by atoms with van der Waals surface area (Å²) >= 11 is 0. The Bertz CT molecular complexity index is 478. The topological polar surface area (TPSA) is 9.23 Å². The molecule has 2 rings (SSSR count). The maximum Gasteiger partial charge on any atom is 0.112 e. The number of hydrogen-bond acceptors (Lipinski definition) is 1. The Labute approximate surface area is 110 Å². The molecule has 1 heteroatoms. The van der Waals surface area contributed by atoms with Gasteiger partial charge in [0, 0.05) is 0 Å². The highest BCUT2D eigenvalue weighted by Gasteiger charge is 2.31. The van der Waals surface area contributed by atoms with Gasteiger partial charge in [0.15, 0.2) is 0 Å². The fourth-order valence-corrected chi connectivity index (χ4v) is 2.43. The summed E-state index contributed by atoms with van der Waals surface area (Å²) in [5, 5.41) is 0. The molecule has 0 spiro atoms. The summed E-state index contributed by atoms with van der Waals surface area (Å²) in [5.41, 5.74) is 5.72. The van der Waals surface area contributed by atoms with Gasteiger partial charge in [-0.2, -0.15) is 0 Å². The van der Waals surface area contributed by atoms with Crippen LogP contribution in [-0.4, -0.2) is 0 Å². The Morgan fingerprint density at radius 1 is 1.17 bits per heavy atom. The van der Waals surface area contributed by atoms with Crippen molar-refractivity contribution in [1.82, 2.24) is 0 Å². The third-order valence-electron chi connectivity index (χ3n) is 4.01. The molecule has 96 valence electrons. The molecule has 1 aromatic carbocycles. The molecule has 1 aliphatic carbocycles. The Hall–Kier alpha value is -1.50. The lowest BCUT2D eigenvalue weighted by Gasteiger charge is -2.18. The number of allylic oxidation sites excluding steroid dienone is 3. The molecule has 0 saturated carbocycles. The van der Waals surface area contributed by atoms with E-state index in [1.54, 1.807) is 0 Å². The summed E-state index contributed by atoms with van der Waals surface area (Å²) in [7, 11) is 0. The molecular weight excluding hydrogens is 220 g/mol. The standard InChI is InChI=1S/C17H22O/c1-13-14(2)17(3,4)10-16(13)12-18-11-15-8-6-5-7-9-15/h5-9,12H,10-11H2,1-4H3. The Morgan fingerprint density at radius 3 is 2.39 bits per heavy atom. The first-order chi connectivity index (χ1) is 8.50. The van der Waals surface area contributed by atoms with Crippen molar-refractivity contribution < 1.29 is 4.74 Å². The van der Waals surface area contributed by atoms with Crippen LogP contribution >= 0.6 is 0 Å². The van der Waals surface area contributed by atoms with Gasteiger partial charge in [0.2, 0.25) is 0 Å². The van der Waals surface area contributed by atoms with E-state index < -0.39 is 0 Å². The summed E-state index contributed by atoms with van der Waals surface area (Å²) in [5.74, 6) is 0. The van der Waals surface area contributed by atoms with Crippen molar-refractivity contribution in [2.24, 2.45) is 5.41 Å². The van der Waals surface area contributed by atoms with E-state index >= 15 is 0 Å². The molecule has 1 aliphatic rings. The van der Waals surface area contributed by atoms with Gasteiger partial charge < -0.3 is 4.74 Å². The Kier molecular flexibility index (Phi) is 3.60. The van der Waals surface area contributed by atoms with Crippen LogP contribution in [0.5, 0.6) is 0 Å². The molecule has 0 amide bonds. The third-order valence-corrected chi connectivity index (χ3v) is 4.01. The molecule has 0 radical (unpaired) electrons. The lowest BCUT2D eigenvalue weighted by molar-refractivity contribution is 0.232. The van der Waals surface area contributed by atoms with Crippen LogP contribution in [0, 0.1) is 5.41 Å². The van der Waals surface area contributed by atoms with E-state index in [-0.39, 0.29) is 5.41 Å². The zero-order valence-electron chi connectivity index (χ0n) is 11.8. The molecule has 0 aliphatic heterocycles. The molecule has 0 heterocycles. The SMILES string of the molecule is CC1=C(C)C(C)(C)CC1=COCc1ccccc1. The molecule has 18 heavy (non-hydrogen) atoms. The zero-order valence-corrected chi connectivity index (χ0v) is 11.8. The number of ether oxygens (including phenoxy) is 1. The van der Waals surface area contributed by atoms with Gasteiger partial charge in [0.1, 0.15) is 6.61 Å². The van der Waals surface area contributed by atoms with Crippen LogP contribution in [0.3, 0.4) is 0 Å². The lowest BCUT2D eigenvalue weighted by Crippen LogP contribution is -2.07. The molecule has 1 aromatic rings. The van der Waals surface area contributed by atoms with Crippen LogP contribution in [0.4, 0.5) is 0 Å². The summed E-state index contributed by atoms with van der Waals surface area (Å²) in [6, 6.07) is 10.3. The molecule has 0 bridgehead atoms. The van der Waals surface area contributed by atoms with Gasteiger partial charge >= 0.3 is 0 Å². The van der Waals surface area contributed by atoms with Crippen molar-refractivity contribution in [3.63, 3.8) is 0 Å². The predicted molar refractivity (Wildman–Crippen MR) is 76.1 cm³/mol. The second-order valence-electron chi connectivity index (χ2n) is 5.75. The summed E-state index contributed by atoms with van der Waals surface area (Å²) in [6.07, 6.45) is 3.03. The van der Waals surface area contributed by atoms with Crippen molar-refractivity contribution in [3.8, 4) is 0 Å². The molecule has 0 aromatic heterocycles. The third kappa shape index (κ3) is 2.66. The van der Waals surface area contributed by atoms with Crippen LogP contribution in [0.1, 0.15) is 39.7 Å². The van der Waals surface area contributed by atoms with Crippen LogP contribution in [0.15, 0.2) is 53.3 Å². The largest absolute Gasteiger partial charge is 0.496 e.